The summed E-state index contributed by atoms with van der Waals surface area (Å²) >= 11 is 0. The predicted molar refractivity (Wildman–Crippen MR) is 98.0 cm³/mol. The quantitative estimate of drug-likeness (QED) is 0.854. The van der Waals surface area contributed by atoms with Gasteiger partial charge in [0.1, 0.15) is 5.60 Å². The van der Waals surface area contributed by atoms with Crippen molar-refractivity contribution in [2.45, 2.75) is 84.0 Å². The van der Waals surface area contributed by atoms with Crippen LogP contribution in [-0.4, -0.2) is 58.8 Å². The number of carbonyl (C=O) groups is 1. The highest BCUT2D eigenvalue weighted by molar-refractivity contribution is 5.70. The van der Waals surface area contributed by atoms with E-state index in [0.717, 1.165) is 44.6 Å². The molecule has 1 atom stereocenters. The van der Waals surface area contributed by atoms with Gasteiger partial charge in [0.05, 0.1) is 6.04 Å². The second-order valence-electron chi connectivity index (χ2n) is 8.82. The summed E-state index contributed by atoms with van der Waals surface area (Å²) in [6.07, 6.45) is 2.92. The Labute approximate surface area is 147 Å². The molecule has 2 fully saturated rings. The third-order valence-electron chi connectivity index (χ3n) is 5.14. The van der Waals surface area contributed by atoms with Crippen molar-refractivity contribution in [2.24, 2.45) is 0 Å². The highest BCUT2D eigenvalue weighted by Crippen LogP contribution is 2.29. The van der Waals surface area contributed by atoms with Crippen LogP contribution in [0.1, 0.15) is 60.8 Å². The normalized spacial score (nSPS) is 24.5. The van der Waals surface area contributed by atoms with Crippen LogP contribution in [-0.2, 0) is 4.74 Å². The predicted octanol–water partition coefficient (Wildman–Crippen LogP) is 3.36. The van der Waals surface area contributed by atoms with Gasteiger partial charge < -0.3 is 15.0 Å². The summed E-state index contributed by atoms with van der Waals surface area (Å²) in [6.45, 7) is 19.7. The summed E-state index contributed by atoms with van der Waals surface area (Å²) < 4.78 is 5.49. The largest absolute Gasteiger partial charge is 0.444 e. The van der Waals surface area contributed by atoms with Crippen molar-refractivity contribution in [2.75, 3.05) is 19.6 Å². The van der Waals surface area contributed by atoms with Crippen molar-refractivity contribution in [1.29, 1.82) is 0 Å². The van der Waals surface area contributed by atoms with Crippen molar-refractivity contribution in [3.63, 3.8) is 0 Å². The van der Waals surface area contributed by atoms with E-state index in [0.29, 0.717) is 6.04 Å². The van der Waals surface area contributed by atoms with Crippen LogP contribution >= 0.6 is 0 Å². The van der Waals surface area contributed by atoms with Crippen LogP contribution in [0.2, 0.25) is 0 Å². The summed E-state index contributed by atoms with van der Waals surface area (Å²) in [4.78, 5) is 16.6. The van der Waals surface area contributed by atoms with Gasteiger partial charge in [-0.3, -0.25) is 4.90 Å². The molecule has 2 saturated heterocycles. The third kappa shape index (κ3) is 4.65. The molecule has 0 aromatic heterocycles. The zero-order chi connectivity index (χ0) is 18.1. The Bertz CT molecular complexity index is 473. The lowest BCUT2D eigenvalue weighted by atomic mass is 9.87. The molecule has 1 amide bonds. The van der Waals surface area contributed by atoms with E-state index >= 15 is 0 Å². The minimum atomic E-state index is -0.457. The van der Waals surface area contributed by atoms with Gasteiger partial charge >= 0.3 is 6.09 Å². The Morgan fingerprint density at radius 2 is 1.83 bits per heavy atom. The van der Waals surface area contributed by atoms with Crippen LogP contribution < -0.4 is 5.32 Å². The number of likely N-dealkylation sites (tertiary alicyclic amines) is 2. The third-order valence-corrected chi connectivity index (χ3v) is 5.14. The van der Waals surface area contributed by atoms with Crippen molar-refractivity contribution in [1.82, 2.24) is 15.1 Å². The van der Waals surface area contributed by atoms with E-state index in [4.69, 9.17) is 4.74 Å². The number of carbonyl (C=O) groups excluding carboxylic acids is 1. The van der Waals surface area contributed by atoms with E-state index < -0.39 is 5.60 Å². The minimum Gasteiger partial charge on any atom is -0.444 e. The van der Waals surface area contributed by atoms with Crippen LogP contribution in [0.25, 0.3) is 0 Å². The topological polar surface area (TPSA) is 44.8 Å². The molecule has 5 nitrogen and oxygen atoms in total. The van der Waals surface area contributed by atoms with Gasteiger partial charge in [0, 0.05) is 36.9 Å². The molecule has 2 aliphatic heterocycles. The second kappa shape index (κ2) is 6.95. The summed E-state index contributed by atoms with van der Waals surface area (Å²) in [5.41, 5.74) is 0.562. The number of ether oxygens (including phenoxy) is 1. The Kier molecular flexibility index (Phi) is 5.53. The SMILES string of the molecule is C=C(NC1(C)CCN(C(C)C)CC1)C1CCN1C(=O)OC(C)(C)C. The van der Waals surface area contributed by atoms with Gasteiger partial charge in [0.2, 0.25) is 0 Å². The van der Waals surface area contributed by atoms with Crippen LogP contribution in [0, 0.1) is 0 Å². The van der Waals surface area contributed by atoms with E-state index in [2.05, 4.69) is 37.6 Å². The molecular formula is C19H35N3O2. The fourth-order valence-corrected chi connectivity index (χ4v) is 3.42. The molecule has 2 aliphatic rings. The Morgan fingerprint density at radius 3 is 2.25 bits per heavy atom. The van der Waals surface area contributed by atoms with Gasteiger partial charge in [-0.05, 0) is 60.8 Å². The number of hydrogen-bond donors (Lipinski definition) is 1. The van der Waals surface area contributed by atoms with Crippen LogP contribution in [0.4, 0.5) is 4.79 Å². The molecule has 0 aliphatic carbocycles. The van der Waals surface area contributed by atoms with E-state index in [-0.39, 0.29) is 17.7 Å². The fourth-order valence-electron chi connectivity index (χ4n) is 3.42. The summed E-state index contributed by atoms with van der Waals surface area (Å²) in [5.74, 6) is 0. The number of piperidine rings is 1. The lowest BCUT2D eigenvalue weighted by molar-refractivity contribution is -0.00112. The molecule has 2 heterocycles. The van der Waals surface area contributed by atoms with Crippen molar-refractivity contribution in [3.8, 4) is 0 Å². The first-order chi connectivity index (χ1) is 11.0. The standard InChI is InChI=1S/C19H35N3O2/c1-14(2)21-12-9-19(7,10-13-21)20-15(3)16-8-11-22(16)17(23)24-18(4,5)6/h14,16,20H,3,8-13H2,1-2,4-7H3. The monoisotopic (exact) mass is 337 g/mol. The molecule has 2 rings (SSSR count). The molecule has 24 heavy (non-hydrogen) atoms. The number of amides is 1. The molecule has 138 valence electrons. The van der Waals surface area contributed by atoms with Crippen LogP contribution in [0.15, 0.2) is 12.3 Å². The lowest BCUT2D eigenvalue weighted by Crippen LogP contribution is -2.59. The summed E-state index contributed by atoms with van der Waals surface area (Å²) in [5, 5.41) is 3.63. The molecule has 0 aromatic rings. The first kappa shape index (κ1) is 19.1. The van der Waals surface area contributed by atoms with E-state index in [1.165, 1.54) is 0 Å². The van der Waals surface area contributed by atoms with Crippen molar-refractivity contribution < 1.29 is 9.53 Å². The Balaban J connectivity index is 1.87. The number of hydrogen-bond acceptors (Lipinski definition) is 4. The summed E-state index contributed by atoms with van der Waals surface area (Å²) in [6, 6.07) is 0.659. The smallest absolute Gasteiger partial charge is 0.410 e. The summed E-state index contributed by atoms with van der Waals surface area (Å²) in [7, 11) is 0. The molecule has 0 radical (unpaired) electrons. The molecule has 5 heteroatoms. The Hall–Kier alpha value is -1.23. The van der Waals surface area contributed by atoms with E-state index in [9.17, 15) is 4.79 Å². The van der Waals surface area contributed by atoms with Crippen LogP contribution in [0.5, 0.6) is 0 Å². The number of nitrogens with zero attached hydrogens (tertiary/aromatic N) is 2. The van der Waals surface area contributed by atoms with E-state index in [1.54, 1.807) is 4.90 Å². The molecular weight excluding hydrogens is 302 g/mol. The van der Waals surface area contributed by atoms with Gasteiger partial charge in [0.15, 0.2) is 0 Å². The molecule has 0 spiro atoms. The van der Waals surface area contributed by atoms with Crippen molar-refractivity contribution in [3.05, 3.63) is 12.3 Å². The van der Waals surface area contributed by atoms with Gasteiger partial charge in [-0.25, -0.2) is 4.79 Å². The highest BCUT2D eigenvalue weighted by Gasteiger charge is 2.39. The maximum absolute atomic E-state index is 12.3. The maximum atomic E-state index is 12.3. The van der Waals surface area contributed by atoms with E-state index in [1.807, 2.05) is 20.8 Å². The number of rotatable bonds is 4. The first-order valence-corrected chi connectivity index (χ1v) is 9.21. The first-order valence-electron chi connectivity index (χ1n) is 9.21. The maximum Gasteiger partial charge on any atom is 0.410 e. The zero-order valence-corrected chi connectivity index (χ0v) is 16.3. The average Bonchev–Trinajstić information content (AvgIpc) is 2.34. The zero-order valence-electron chi connectivity index (χ0n) is 16.3. The fraction of sp³-hybridized carbons (Fsp3) is 0.842. The molecule has 0 bridgehead atoms. The number of nitrogens with one attached hydrogen (secondary N) is 1. The minimum absolute atomic E-state index is 0.0554. The average molecular weight is 338 g/mol. The highest BCUT2D eigenvalue weighted by atomic mass is 16.6. The second-order valence-corrected chi connectivity index (χ2v) is 8.82. The molecule has 1 N–H and O–H groups in total. The van der Waals surface area contributed by atoms with Crippen LogP contribution in [0.3, 0.4) is 0 Å². The lowest BCUT2D eigenvalue weighted by Gasteiger charge is -2.47. The van der Waals surface area contributed by atoms with Gasteiger partial charge in [-0.1, -0.05) is 6.58 Å². The molecule has 0 aromatic carbocycles. The molecule has 0 saturated carbocycles. The van der Waals surface area contributed by atoms with Crippen molar-refractivity contribution >= 4 is 6.09 Å². The van der Waals surface area contributed by atoms with Gasteiger partial charge in [0.25, 0.3) is 0 Å². The Morgan fingerprint density at radius 1 is 1.25 bits per heavy atom. The van der Waals surface area contributed by atoms with Gasteiger partial charge in [-0.2, -0.15) is 0 Å². The molecule has 1 unspecified atom stereocenters. The van der Waals surface area contributed by atoms with Gasteiger partial charge in [-0.15, -0.1) is 0 Å².